The third-order valence-electron chi connectivity index (χ3n) is 2.83. The first kappa shape index (κ1) is 7.86. The van der Waals surface area contributed by atoms with Crippen LogP contribution < -0.4 is 4.74 Å². The lowest BCUT2D eigenvalue weighted by molar-refractivity contribution is 0.289. The van der Waals surface area contributed by atoms with Crippen LogP contribution in [0.3, 0.4) is 0 Å². The van der Waals surface area contributed by atoms with Gasteiger partial charge >= 0.3 is 0 Å². The van der Waals surface area contributed by atoms with Crippen LogP contribution in [0.5, 0.6) is 5.75 Å². The highest BCUT2D eigenvalue weighted by Gasteiger charge is 2.12. The average molecular weight is 184 g/mol. The van der Waals surface area contributed by atoms with Crippen LogP contribution in [0.25, 0.3) is 10.8 Å². The van der Waals surface area contributed by atoms with Crippen LogP contribution in [0, 0.1) is 0 Å². The minimum Gasteiger partial charge on any atom is -0.493 e. The first-order chi connectivity index (χ1) is 6.95. The molecule has 0 aliphatic carbocycles. The van der Waals surface area contributed by atoms with Crippen LogP contribution in [0.4, 0.5) is 0 Å². The SMILES string of the molecule is c1ccc2c3c(ccc2c1)OCCC3. The molecule has 0 unspecified atom stereocenters. The fourth-order valence-corrected chi connectivity index (χ4v) is 2.14. The fourth-order valence-electron chi connectivity index (χ4n) is 2.14. The third-order valence-corrected chi connectivity index (χ3v) is 2.83. The second-order valence-electron chi connectivity index (χ2n) is 3.72. The van der Waals surface area contributed by atoms with E-state index in [-0.39, 0.29) is 0 Å². The lowest BCUT2D eigenvalue weighted by atomic mass is 9.98. The van der Waals surface area contributed by atoms with Crippen LogP contribution in [0.2, 0.25) is 0 Å². The Morgan fingerprint density at radius 2 is 1.93 bits per heavy atom. The van der Waals surface area contributed by atoms with Gasteiger partial charge in [-0.2, -0.15) is 0 Å². The van der Waals surface area contributed by atoms with Crippen molar-refractivity contribution in [1.29, 1.82) is 0 Å². The summed E-state index contributed by atoms with van der Waals surface area (Å²) < 4.78 is 5.63. The Bertz CT molecular complexity index is 474. The number of aryl methyl sites for hydroxylation is 1. The maximum absolute atomic E-state index is 5.63. The van der Waals surface area contributed by atoms with Gasteiger partial charge in [0.1, 0.15) is 5.75 Å². The van der Waals surface area contributed by atoms with Crippen molar-refractivity contribution in [2.24, 2.45) is 0 Å². The van der Waals surface area contributed by atoms with Crippen molar-refractivity contribution in [1.82, 2.24) is 0 Å². The lowest BCUT2D eigenvalue weighted by Gasteiger charge is -2.18. The zero-order valence-electron chi connectivity index (χ0n) is 7.99. The number of hydrogen-bond acceptors (Lipinski definition) is 1. The molecule has 70 valence electrons. The summed E-state index contributed by atoms with van der Waals surface area (Å²) in [6.07, 6.45) is 2.29. The standard InChI is InChI=1S/C13H12O/c1-2-5-11-10(4-1)7-8-13-12(11)6-3-9-14-13/h1-2,4-5,7-8H,3,6,9H2. The molecule has 14 heavy (non-hydrogen) atoms. The molecule has 0 radical (unpaired) electrons. The normalized spacial score (nSPS) is 14.9. The van der Waals surface area contributed by atoms with E-state index in [9.17, 15) is 0 Å². The maximum Gasteiger partial charge on any atom is 0.123 e. The Kier molecular flexibility index (Phi) is 1.69. The maximum atomic E-state index is 5.63. The zero-order valence-corrected chi connectivity index (χ0v) is 7.99. The molecule has 1 nitrogen and oxygen atoms in total. The van der Waals surface area contributed by atoms with E-state index in [4.69, 9.17) is 4.74 Å². The molecule has 0 aromatic heterocycles. The molecular formula is C13H12O. The van der Waals surface area contributed by atoms with E-state index in [1.165, 1.54) is 16.3 Å². The summed E-state index contributed by atoms with van der Waals surface area (Å²) in [4.78, 5) is 0. The van der Waals surface area contributed by atoms with Crippen molar-refractivity contribution < 1.29 is 4.74 Å². The Hall–Kier alpha value is -1.50. The van der Waals surface area contributed by atoms with Crippen molar-refractivity contribution in [2.75, 3.05) is 6.61 Å². The van der Waals surface area contributed by atoms with E-state index in [1.54, 1.807) is 0 Å². The molecule has 0 saturated carbocycles. The van der Waals surface area contributed by atoms with Crippen molar-refractivity contribution >= 4 is 10.8 Å². The molecule has 2 aromatic carbocycles. The minimum atomic E-state index is 0.866. The summed E-state index contributed by atoms with van der Waals surface area (Å²) in [6, 6.07) is 12.7. The lowest BCUT2D eigenvalue weighted by Crippen LogP contribution is -2.08. The van der Waals surface area contributed by atoms with Crippen LogP contribution in [0.15, 0.2) is 36.4 Å². The van der Waals surface area contributed by atoms with Gasteiger partial charge in [-0.3, -0.25) is 0 Å². The van der Waals surface area contributed by atoms with Gasteiger partial charge in [0.2, 0.25) is 0 Å². The highest BCUT2D eigenvalue weighted by Crippen LogP contribution is 2.31. The molecule has 2 aromatic rings. The highest BCUT2D eigenvalue weighted by atomic mass is 16.5. The Morgan fingerprint density at radius 1 is 1.00 bits per heavy atom. The van der Waals surface area contributed by atoms with E-state index >= 15 is 0 Å². The van der Waals surface area contributed by atoms with Crippen LogP contribution in [-0.2, 0) is 6.42 Å². The quantitative estimate of drug-likeness (QED) is 0.611. The summed E-state index contributed by atoms with van der Waals surface area (Å²) in [5.41, 5.74) is 1.38. The summed E-state index contributed by atoms with van der Waals surface area (Å²) in [6.45, 7) is 0.866. The van der Waals surface area contributed by atoms with Gasteiger partial charge in [-0.1, -0.05) is 30.3 Å². The first-order valence-electron chi connectivity index (χ1n) is 5.08. The molecule has 0 saturated heterocycles. The molecule has 0 bridgehead atoms. The molecule has 0 amide bonds. The predicted octanol–water partition coefficient (Wildman–Crippen LogP) is 3.16. The average Bonchev–Trinajstić information content (AvgIpc) is 2.29. The van der Waals surface area contributed by atoms with Crippen LogP contribution in [0.1, 0.15) is 12.0 Å². The van der Waals surface area contributed by atoms with Gasteiger partial charge < -0.3 is 4.74 Å². The summed E-state index contributed by atoms with van der Waals surface area (Å²) in [5, 5.41) is 2.67. The second kappa shape index (κ2) is 3.02. The molecule has 0 fully saturated rings. The largest absolute Gasteiger partial charge is 0.493 e. The van der Waals surface area contributed by atoms with Gasteiger partial charge in [-0.05, 0) is 29.7 Å². The molecule has 0 spiro atoms. The number of ether oxygens (including phenoxy) is 1. The van der Waals surface area contributed by atoms with Gasteiger partial charge in [-0.15, -0.1) is 0 Å². The van der Waals surface area contributed by atoms with Gasteiger partial charge in [0.05, 0.1) is 6.61 Å². The molecule has 1 aliphatic heterocycles. The summed E-state index contributed by atoms with van der Waals surface area (Å²) in [5.74, 6) is 1.08. The van der Waals surface area contributed by atoms with Crippen molar-refractivity contribution in [3.8, 4) is 5.75 Å². The van der Waals surface area contributed by atoms with Crippen molar-refractivity contribution in [3.05, 3.63) is 42.0 Å². The van der Waals surface area contributed by atoms with E-state index in [1.807, 2.05) is 0 Å². The van der Waals surface area contributed by atoms with E-state index < -0.39 is 0 Å². The molecule has 0 atom stereocenters. The Morgan fingerprint density at radius 3 is 2.93 bits per heavy atom. The Balaban J connectivity index is 2.34. The summed E-state index contributed by atoms with van der Waals surface area (Å²) >= 11 is 0. The van der Waals surface area contributed by atoms with E-state index in [0.29, 0.717) is 0 Å². The highest BCUT2D eigenvalue weighted by molar-refractivity contribution is 5.87. The number of fused-ring (bicyclic) bond motifs is 3. The molecule has 3 rings (SSSR count). The number of benzene rings is 2. The van der Waals surface area contributed by atoms with Gasteiger partial charge in [0.25, 0.3) is 0 Å². The number of hydrogen-bond donors (Lipinski definition) is 0. The van der Waals surface area contributed by atoms with Gasteiger partial charge in [0.15, 0.2) is 0 Å². The predicted molar refractivity (Wildman–Crippen MR) is 57.8 cm³/mol. The molecule has 1 heterocycles. The molecule has 1 aliphatic rings. The third kappa shape index (κ3) is 1.09. The smallest absolute Gasteiger partial charge is 0.123 e. The monoisotopic (exact) mass is 184 g/mol. The second-order valence-corrected chi connectivity index (χ2v) is 3.72. The van der Waals surface area contributed by atoms with Gasteiger partial charge in [0, 0.05) is 5.56 Å². The zero-order chi connectivity index (χ0) is 9.38. The molecular weight excluding hydrogens is 172 g/mol. The van der Waals surface area contributed by atoms with E-state index in [2.05, 4.69) is 36.4 Å². The minimum absolute atomic E-state index is 0.866. The topological polar surface area (TPSA) is 9.23 Å². The van der Waals surface area contributed by atoms with Crippen molar-refractivity contribution in [2.45, 2.75) is 12.8 Å². The summed E-state index contributed by atoms with van der Waals surface area (Å²) in [7, 11) is 0. The van der Waals surface area contributed by atoms with Crippen LogP contribution >= 0.6 is 0 Å². The molecule has 1 heteroatoms. The van der Waals surface area contributed by atoms with Crippen LogP contribution in [-0.4, -0.2) is 6.61 Å². The molecule has 0 N–H and O–H groups in total. The van der Waals surface area contributed by atoms with Gasteiger partial charge in [-0.25, -0.2) is 0 Å². The first-order valence-corrected chi connectivity index (χ1v) is 5.08. The van der Waals surface area contributed by atoms with E-state index in [0.717, 1.165) is 25.2 Å². The Labute approximate surface area is 83.3 Å². The fraction of sp³-hybridized carbons (Fsp3) is 0.231. The van der Waals surface area contributed by atoms with Crippen molar-refractivity contribution in [3.63, 3.8) is 0 Å². The number of rotatable bonds is 0.